The van der Waals surface area contributed by atoms with Gasteiger partial charge in [0.1, 0.15) is 5.82 Å². The molecule has 1 rings (SSSR count). The van der Waals surface area contributed by atoms with E-state index < -0.39 is 0 Å². The standard InChI is InChI=1S/C17H29FN2/c1-5-14(6-2)12-20(7-3)17-15(11-13(4)19)9-8-10-16(17)18/h8-10,13-14H,5-7,11-12,19H2,1-4H3. The average Bonchev–Trinajstić information content (AvgIpc) is 2.41. The first-order chi connectivity index (χ1) is 9.53. The summed E-state index contributed by atoms with van der Waals surface area (Å²) >= 11 is 0. The lowest BCUT2D eigenvalue weighted by molar-refractivity contribution is 0.481. The van der Waals surface area contributed by atoms with Crippen molar-refractivity contribution in [1.82, 2.24) is 0 Å². The zero-order valence-electron chi connectivity index (χ0n) is 13.3. The molecule has 2 N–H and O–H groups in total. The van der Waals surface area contributed by atoms with E-state index in [2.05, 4.69) is 25.7 Å². The molecule has 2 nitrogen and oxygen atoms in total. The van der Waals surface area contributed by atoms with Crippen molar-refractivity contribution in [3.63, 3.8) is 0 Å². The van der Waals surface area contributed by atoms with Crippen LogP contribution in [-0.4, -0.2) is 19.1 Å². The number of benzene rings is 1. The molecule has 1 aromatic carbocycles. The maximum absolute atomic E-state index is 14.3. The van der Waals surface area contributed by atoms with Crippen LogP contribution >= 0.6 is 0 Å². The molecular weight excluding hydrogens is 251 g/mol. The van der Waals surface area contributed by atoms with E-state index in [1.165, 1.54) is 0 Å². The first-order valence-corrected chi connectivity index (χ1v) is 7.81. The molecule has 3 heteroatoms. The molecule has 0 saturated carbocycles. The normalized spacial score (nSPS) is 12.8. The molecule has 0 aliphatic carbocycles. The summed E-state index contributed by atoms with van der Waals surface area (Å²) < 4.78 is 14.3. The van der Waals surface area contributed by atoms with Gasteiger partial charge in [0.05, 0.1) is 5.69 Å². The van der Waals surface area contributed by atoms with Crippen molar-refractivity contribution in [2.75, 3.05) is 18.0 Å². The van der Waals surface area contributed by atoms with Gasteiger partial charge in [-0.3, -0.25) is 0 Å². The predicted octanol–water partition coefficient (Wildman–Crippen LogP) is 3.98. The Morgan fingerprint density at radius 2 is 1.85 bits per heavy atom. The Kier molecular flexibility index (Phi) is 7.00. The van der Waals surface area contributed by atoms with E-state index in [0.29, 0.717) is 12.3 Å². The quantitative estimate of drug-likeness (QED) is 0.780. The van der Waals surface area contributed by atoms with E-state index in [1.54, 1.807) is 12.1 Å². The van der Waals surface area contributed by atoms with E-state index in [9.17, 15) is 4.39 Å². The number of rotatable bonds is 8. The van der Waals surface area contributed by atoms with Crippen molar-refractivity contribution in [3.8, 4) is 0 Å². The minimum absolute atomic E-state index is 0.0439. The molecule has 0 aliphatic rings. The second-order valence-corrected chi connectivity index (χ2v) is 5.65. The van der Waals surface area contributed by atoms with Gasteiger partial charge < -0.3 is 10.6 Å². The Morgan fingerprint density at radius 3 is 2.35 bits per heavy atom. The Labute approximate surface area is 123 Å². The second kappa shape index (κ2) is 8.25. The number of hydrogen-bond donors (Lipinski definition) is 1. The van der Waals surface area contributed by atoms with Crippen LogP contribution in [0.2, 0.25) is 0 Å². The summed E-state index contributed by atoms with van der Waals surface area (Å²) in [5, 5.41) is 0. The summed E-state index contributed by atoms with van der Waals surface area (Å²) in [5.74, 6) is 0.480. The average molecular weight is 280 g/mol. The van der Waals surface area contributed by atoms with Crippen LogP contribution in [0.5, 0.6) is 0 Å². The molecule has 1 aromatic rings. The monoisotopic (exact) mass is 280 g/mol. The lowest BCUT2D eigenvalue weighted by Crippen LogP contribution is -2.31. The van der Waals surface area contributed by atoms with Crippen molar-refractivity contribution >= 4 is 5.69 Å². The third-order valence-electron chi connectivity index (χ3n) is 3.94. The van der Waals surface area contributed by atoms with Gasteiger partial charge in [0.25, 0.3) is 0 Å². The molecule has 1 atom stereocenters. The Balaban J connectivity index is 3.06. The highest BCUT2D eigenvalue weighted by molar-refractivity contribution is 5.55. The van der Waals surface area contributed by atoms with Crippen molar-refractivity contribution in [2.24, 2.45) is 11.7 Å². The van der Waals surface area contributed by atoms with Gasteiger partial charge in [-0.05, 0) is 37.8 Å². The number of hydrogen-bond acceptors (Lipinski definition) is 2. The summed E-state index contributed by atoms with van der Waals surface area (Å²) in [5.41, 5.74) is 7.67. The van der Waals surface area contributed by atoms with Crippen molar-refractivity contribution < 1.29 is 4.39 Å². The van der Waals surface area contributed by atoms with Crippen LogP contribution in [0.25, 0.3) is 0 Å². The maximum atomic E-state index is 14.3. The van der Waals surface area contributed by atoms with Gasteiger partial charge in [0.15, 0.2) is 0 Å². The number of nitrogens with two attached hydrogens (primary N) is 1. The van der Waals surface area contributed by atoms with Crippen LogP contribution < -0.4 is 10.6 Å². The predicted molar refractivity (Wildman–Crippen MR) is 85.7 cm³/mol. The fraction of sp³-hybridized carbons (Fsp3) is 0.647. The zero-order valence-corrected chi connectivity index (χ0v) is 13.3. The van der Waals surface area contributed by atoms with Crippen molar-refractivity contribution in [2.45, 2.75) is 53.0 Å². The summed E-state index contributed by atoms with van der Waals surface area (Å²) in [7, 11) is 0. The fourth-order valence-corrected chi connectivity index (χ4v) is 2.66. The highest BCUT2D eigenvalue weighted by Gasteiger charge is 2.18. The van der Waals surface area contributed by atoms with E-state index in [1.807, 2.05) is 13.0 Å². The van der Waals surface area contributed by atoms with Gasteiger partial charge in [-0.15, -0.1) is 0 Å². The van der Waals surface area contributed by atoms with Crippen LogP contribution in [0.3, 0.4) is 0 Å². The summed E-state index contributed by atoms with van der Waals surface area (Å²) in [6.45, 7) is 10.2. The van der Waals surface area contributed by atoms with Crippen LogP contribution in [0.1, 0.15) is 46.1 Å². The molecule has 1 unspecified atom stereocenters. The molecule has 0 amide bonds. The summed E-state index contributed by atoms with van der Waals surface area (Å²) in [6, 6.07) is 5.37. The smallest absolute Gasteiger partial charge is 0.146 e. The van der Waals surface area contributed by atoms with Crippen LogP contribution in [-0.2, 0) is 6.42 Å². The minimum Gasteiger partial charge on any atom is -0.369 e. The number of halogens is 1. The van der Waals surface area contributed by atoms with E-state index in [0.717, 1.165) is 37.2 Å². The topological polar surface area (TPSA) is 29.3 Å². The Morgan fingerprint density at radius 1 is 1.20 bits per heavy atom. The zero-order chi connectivity index (χ0) is 15.1. The van der Waals surface area contributed by atoms with E-state index in [-0.39, 0.29) is 11.9 Å². The Hall–Kier alpha value is -1.09. The SMILES string of the molecule is CCC(CC)CN(CC)c1c(F)cccc1CC(C)N. The maximum Gasteiger partial charge on any atom is 0.146 e. The van der Waals surface area contributed by atoms with Crippen molar-refractivity contribution in [1.29, 1.82) is 0 Å². The van der Waals surface area contributed by atoms with Gasteiger partial charge >= 0.3 is 0 Å². The highest BCUT2D eigenvalue weighted by atomic mass is 19.1. The number of anilines is 1. The minimum atomic E-state index is -0.129. The largest absolute Gasteiger partial charge is 0.369 e. The van der Waals surface area contributed by atoms with Gasteiger partial charge in [0.2, 0.25) is 0 Å². The van der Waals surface area contributed by atoms with Crippen molar-refractivity contribution in [3.05, 3.63) is 29.6 Å². The van der Waals surface area contributed by atoms with Crippen LogP contribution in [0.15, 0.2) is 18.2 Å². The van der Waals surface area contributed by atoms with Gasteiger partial charge in [-0.25, -0.2) is 4.39 Å². The molecule has 0 aliphatic heterocycles. The molecule has 0 fully saturated rings. The molecule has 0 bridgehead atoms. The number of para-hydroxylation sites is 1. The third-order valence-corrected chi connectivity index (χ3v) is 3.94. The fourth-order valence-electron chi connectivity index (χ4n) is 2.66. The van der Waals surface area contributed by atoms with Crippen LogP contribution in [0.4, 0.5) is 10.1 Å². The molecular formula is C17H29FN2. The van der Waals surface area contributed by atoms with Gasteiger partial charge in [-0.2, -0.15) is 0 Å². The van der Waals surface area contributed by atoms with Crippen LogP contribution in [0, 0.1) is 11.7 Å². The first kappa shape index (κ1) is 17.0. The molecule has 114 valence electrons. The van der Waals surface area contributed by atoms with Gasteiger partial charge in [0, 0.05) is 19.1 Å². The highest BCUT2D eigenvalue weighted by Crippen LogP contribution is 2.27. The second-order valence-electron chi connectivity index (χ2n) is 5.65. The first-order valence-electron chi connectivity index (χ1n) is 7.81. The molecule has 20 heavy (non-hydrogen) atoms. The van der Waals surface area contributed by atoms with E-state index in [4.69, 9.17) is 5.73 Å². The molecule has 0 spiro atoms. The molecule has 0 aromatic heterocycles. The molecule has 0 saturated heterocycles. The Bertz CT molecular complexity index is 400. The lowest BCUT2D eigenvalue weighted by Gasteiger charge is -2.30. The number of nitrogens with zero attached hydrogens (tertiary/aromatic N) is 1. The van der Waals surface area contributed by atoms with Gasteiger partial charge in [-0.1, -0.05) is 38.8 Å². The summed E-state index contributed by atoms with van der Waals surface area (Å²) in [6.07, 6.45) is 2.97. The molecule has 0 heterocycles. The third kappa shape index (κ3) is 4.48. The molecule has 0 radical (unpaired) electrons. The summed E-state index contributed by atoms with van der Waals surface area (Å²) in [4.78, 5) is 2.17. The van der Waals surface area contributed by atoms with E-state index >= 15 is 0 Å². The lowest BCUT2D eigenvalue weighted by atomic mass is 10.00.